The van der Waals surface area contributed by atoms with Crippen molar-refractivity contribution in [3.8, 4) is 5.75 Å². The van der Waals surface area contributed by atoms with Crippen LogP contribution in [-0.2, 0) is 50.3 Å². The number of benzene rings is 4. The third-order valence-corrected chi connectivity index (χ3v) is 11.7. The van der Waals surface area contributed by atoms with E-state index >= 15 is 0 Å². The fourth-order valence-corrected chi connectivity index (χ4v) is 8.05. The van der Waals surface area contributed by atoms with E-state index in [-0.39, 0.29) is 19.3 Å². The van der Waals surface area contributed by atoms with E-state index in [9.17, 15) is 33.6 Å². The summed E-state index contributed by atoms with van der Waals surface area (Å²) in [6.45, 7) is 19.9. The molecule has 4 aromatic carbocycles. The fraction of sp³-hybridized carbons (Fsp3) is 0.386. The topological polar surface area (TPSA) is 210 Å². The molecule has 6 N–H and O–H groups in total. The second-order valence-electron chi connectivity index (χ2n) is 19.2. The third kappa shape index (κ3) is 16.5. The molecule has 4 aromatic rings. The summed E-state index contributed by atoms with van der Waals surface area (Å²) in [7, 11) is 1.18. The number of nitrogens with one attached hydrogen (secondary N) is 6. The highest BCUT2D eigenvalue weighted by Gasteiger charge is 2.40. The lowest BCUT2D eigenvalue weighted by molar-refractivity contribution is -0.145. The van der Waals surface area contributed by atoms with E-state index in [1.54, 1.807) is 58.0 Å². The van der Waals surface area contributed by atoms with E-state index < -0.39 is 101 Å². The van der Waals surface area contributed by atoms with Gasteiger partial charge in [-0.05, 0) is 79.8 Å². The van der Waals surface area contributed by atoms with Crippen molar-refractivity contribution in [2.24, 2.45) is 11.8 Å². The van der Waals surface area contributed by atoms with Crippen LogP contribution in [0.25, 0.3) is 0 Å². The molecule has 72 heavy (non-hydrogen) atoms. The lowest BCUT2D eigenvalue weighted by atomic mass is 9.77. The zero-order valence-corrected chi connectivity index (χ0v) is 42.8. The largest absolute Gasteiger partial charge is 0.488 e. The van der Waals surface area contributed by atoms with Crippen LogP contribution in [0.1, 0.15) is 96.4 Å². The highest BCUT2D eigenvalue weighted by molar-refractivity contribution is 5.98. The third-order valence-electron chi connectivity index (χ3n) is 11.7. The first kappa shape index (κ1) is 57.0. The van der Waals surface area contributed by atoms with E-state index in [2.05, 4.69) is 45.1 Å². The van der Waals surface area contributed by atoms with Crippen molar-refractivity contribution in [2.45, 2.75) is 122 Å². The zero-order chi connectivity index (χ0) is 53.0. The number of hydrogen-bond donors (Lipinski definition) is 6. The first-order valence-corrected chi connectivity index (χ1v) is 24.3. The number of esters is 1. The predicted molar refractivity (Wildman–Crippen MR) is 278 cm³/mol. The number of rotatable bonds is 26. The van der Waals surface area contributed by atoms with Gasteiger partial charge in [0.1, 0.15) is 47.1 Å². The number of amides is 6. The Kier molecular flexibility index (Phi) is 21.5. The van der Waals surface area contributed by atoms with Gasteiger partial charge in [-0.3, -0.25) is 28.8 Å². The maximum absolute atomic E-state index is 14.9. The summed E-state index contributed by atoms with van der Waals surface area (Å²) < 4.78 is 10.8. The van der Waals surface area contributed by atoms with Gasteiger partial charge < -0.3 is 41.4 Å². The molecule has 0 bridgehead atoms. The molecule has 0 radical (unpaired) electrons. The maximum Gasteiger partial charge on any atom is 0.328 e. The van der Waals surface area contributed by atoms with Gasteiger partial charge in [0, 0.05) is 12.8 Å². The molecule has 0 aromatic heterocycles. The van der Waals surface area contributed by atoms with Crippen molar-refractivity contribution < 1.29 is 43.0 Å². The summed E-state index contributed by atoms with van der Waals surface area (Å²) in [6, 6.07) is 28.7. The fourth-order valence-electron chi connectivity index (χ4n) is 8.05. The SMILES string of the molecule is C=CCCC(=O)N[C@@H](Cc1ccc(OC(C)(C)C)cc1)C(=O)N[C@H](C(=O)N[C@@H](CC(=O)NC(c1ccccc1)(c1ccccc1)c1ccccc1)C(=O)N[C@H](C(=O)N[C@@H](CC=C)C(=O)OC)C(C)C)C(C)C. The Morgan fingerprint density at radius 1 is 0.556 bits per heavy atom. The second kappa shape index (κ2) is 27.2. The second-order valence-corrected chi connectivity index (χ2v) is 19.2. The number of hydrogen-bond acceptors (Lipinski definition) is 9. The van der Waals surface area contributed by atoms with Crippen LogP contribution >= 0.6 is 0 Å². The van der Waals surface area contributed by atoms with Crippen LogP contribution in [0.3, 0.4) is 0 Å². The van der Waals surface area contributed by atoms with Crippen molar-refractivity contribution in [2.75, 3.05) is 7.11 Å². The Labute approximate surface area is 424 Å². The summed E-state index contributed by atoms with van der Waals surface area (Å²) in [5.74, 6) is -5.37. The van der Waals surface area contributed by atoms with Crippen molar-refractivity contribution in [1.82, 2.24) is 31.9 Å². The van der Waals surface area contributed by atoms with Crippen LogP contribution in [0.2, 0.25) is 0 Å². The number of carbonyl (C=O) groups excluding carboxylic acids is 7. The Balaban J connectivity index is 1.74. The molecule has 5 atom stereocenters. The molecule has 0 spiro atoms. The summed E-state index contributed by atoms with van der Waals surface area (Å²) >= 11 is 0. The molecule has 0 saturated heterocycles. The summed E-state index contributed by atoms with van der Waals surface area (Å²) in [6.07, 6.45) is 2.96. The molecule has 0 heterocycles. The molecular formula is C57H72N6O9. The molecule has 0 fully saturated rings. The Bertz CT molecular complexity index is 2360. The van der Waals surface area contributed by atoms with Gasteiger partial charge >= 0.3 is 5.97 Å². The van der Waals surface area contributed by atoms with Gasteiger partial charge in [-0.1, -0.05) is 143 Å². The molecule has 4 rings (SSSR count). The first-order valence-electron chi connectivity index (χ1n) is 24.3. The van der Waals surface area contributed by atoms with Crippen LogP contribution in [0, 0.1) is 11.8 Å². The van der Waals surface area contributed by atoms with Crippen LogP contribution < -0.4 is 36.6 Å². The van der Waals surface area contributed by atoms with Crippen LogP contribution in [0.5, 0.6) is 5.75 Å². The number of ether oxygens (including phenoxy) is 2. The van der Waals surface area contributed by atoms with Gasteiger partial charge in [-0.25, -0.2) is 4.79 Å². The van der Waals surface area contributed by atoms with Crippen LogP contribution in [0.15, 0.2) is 141 Å². The minimum Gasteiger partial charge on any atom is -0.488 e. The summed E-state index contributed by atoms with van der Waals surface area (Å²) in [4.78, 5) is 98.1. The highest BCUT2D eigenvalue weighted by atomic mass is 16.5. The quantitative estimate of drug-likeness (QED) is 0.0235. The zero-order valence-electron chi connectivity index (χ0n) is 42.8. The first-order chi connectivity index (χ1) is 34.2. The number of allylic oxidation sites excluding steroid dienone is 1. The van der Waals surface area contributed by atoms with E-state index in [0.717, 1.165) is 0 Å². The lowest BCUT2D eigenvalue weighted by Crippen LogP contribution is -2.61. The van der Waals surface area contributed by atoms with Gasteiger partial charge in [-0.15, -0.1) is 13.2 Å². The van der Waals surface area contributed by atoms with Gasteiger partial charge in [0.15, 0.2) is 0 Å². The van der Waals surface area contributed by atoms with Crippen LogP contribution in [-0.4, -0.2) is 84.3 Å². The molecule has 0 aliphatic heterocycles. The Hall–Kier alpha value is -7.55. The molecule has 6 amide bonds. The van der Waals surface area contributed by atoms with E-state index in [1.807, 2.05) is 112 Å². The minimum atomic E-state index is -1.63. The molecular weight excluding hydrogens is 913 g/mol. The summed E-state index contributed by atoms with van der Waals surface area (Å²) in [5, 5.41) is 16.9. The Morgan fingerprint density at radius 2 is 1.01 bits per heavy atom. The molecule has 0 saturated carbocycles. The van der Waals surface area contributed by atoms with Crippen LogP contribution in [0.4, 0.5) is 0 Å². The van der Waals surface area contributed by atoms with Gasteiger partial charge in [0.05, 0.1) is 13.5 Å². The minimum absolute atomic E-state index is 0.0440. The average Bonchev–Trinajstić information content (AvgIpc) is 3.35. The predicted octanol–water partition coefficient (Wildman–Crippen LogP) is 6.36. The normalized spacial score (nSPS) is 13.5. The Morgan fingerprint density at radius 3 is 1.43 bits per heavy atom. The monoisotopic (exact) mass is 985 g/mol. The van der Waals surface area contributed by atoms with Crippen molar-refractivity contribution in [3.63, 3.8) is 0 Å². The van der Waals surface area contributed by atoms with Crippen molar-refractivity contribution in [3.05, 3.63) is 163 Å². The number of methoxy groups -OCH3 is 1. The van der Waals surface area contributed by atoms with Gasteiger partial charge in [0.2, 0.25) is 35.4 Å². The lowest BCUT2D eigenvalue weighted by Gasteiger charge is -2.37. The molecule has 15 nitrogen and oxygen atoms in total. The van der Waals surface area contributed by atoms with Gasteiger partial charge in [0.25, 0.3) is 0 Å². The summed E-state index contributed by atoms with van der Waals surface area (Å²) in [5.41, 5.74) is 1.10. The molecule has 0 aliphatic rings. The smallest absolute Gasteiger partial charge is 0.328 e. The van der Waals surface area contributed by atoms with E-state index in [4.69, 9.17) is 9.47 Å². The van der Waals surface area contributed by atoms with Crippen molar-refractivity contribution in [1.29, 1.82) is 0 Å². The molecule has 15 heteroatoms. The number of carbonyl (C=O) groups is 7. The van der Waals surface area contributed by atoms with Gasteiger partial charge in [-0.2, -0.15) is 0 Å². The van der Waals surface area contributed by atoms with Crippen molar-refractivity contribution >= 4 is 41.4 Å². The van der Waals surface area contributed by atoms with E-state index in [1.165, 1.54) is 13.2 Å². The van der Waals surface area contributed by atoms with E-state index in [0.29, 0.717) is 34.4 Å². The standard InChI is InChI=1S/C57H72N6O9/c1-11-13-30-47(64)58-45(35-39-31-33-43(34-32-39)72-56(7,8)9)51(66)61-50(38(5)6)54(69)60-46(52(67)62-49(37(3)4)53(68)59-44(23-12-2)55(70)71-10)36-48(65)63-57(40-24-17-14-18-25-40,41-26-19-15-20-27-41)42-28-21-16-22-29-42/h11-12,14-22,24-29,31-34,37-38,44-46,49-50H,1-2,13,23,30,35-36H2,3-10H3,(H,58,64)(H,59,68)(H,60,69)(H,61,66)(H,62,67)(H,63,65)/t44-,45-,46-,49-,50-/m0/s1. The average molecular weight is 985 g/mol. The molecule has 0 aliphatic carbocycles. The highest BCUT2D eigenvalue weighted by Crippen LogP contribution is 2.37. The molecule has 384 valence electrons. The maximum atomic E-state index is 14.9. The molecule has 0 unspecified atom stereocenters.